The van der Waals surface area contributed by atoms with Crippen molar-refractivity contribution in [3.05, 3.63) is 41.6 Å². The predicted molar refractivity (Wildman–Crippen MR) is 129 cm³/mol. The van der Waals surface area contributed by atoms with Gasteiger partial charge in [0.1, 0.15) is 12.4 Å². The van der Waals surface area contributed by atoms with Gasteiger partial charge < -0.3 is 10.2 Å². The van der Waals surface area contributed by atoms with Crippen LogP contribution in [0.3, 0.4) is 0 Å². The molecule has 6 heteroatoms. The fraction of sp³-hybridized carbons (Fsp3) is 0.577. The molecule has 174 valence electrons. The molecule has 1 aromatic carbocycles. The molecule has 1 aliphatic rings. The topological polar surface area (TPSA) is 67.2 Å². The second-order valence-electron chi connectivity index (χ2n) is 10.3. The molecule has 3 rings (SSSR count). The van der Waals surface area contributed by atoms with Crippen LogP contribution in [-0.2, 0) is 15.0 Å². The number of hydrogen-bond acceptors (Lipinski definition) is 3. The van der Waals surface area contributed by atoms with Crippen LogP contribution in [-0.4, -0.2) is 39.1 Å². The number of rotatable bonds is 6. The van der Waals surface area contributed by atoms with E-state index in [1.54, 1.807) is 9.58 Å². The van der Waals surface area contributed by atoms with Gasteiger partial charge in [-0.1, -0.05) is 58.2 Å². The quantitative estimate of drug-likeness (QED) is 0.671. The lowest BCUT2D eigenvalue weighted by Gasteiger charge is -2.31. The van der Waals surface area contributed by atoms with E-state index < -0.39 is 0 Å². The van der Waals surface area contributed by atoms with Gasteiger partial charge in [-0.3, -0.25) is 9.59 Å². The number of benzene rings is 1. The zero-order valence-corrected chi connectivity index (χ0v) is 20.4. The highest BCUT2D eigenvalue weighted by Crippen LogP contribution is 2.28. The van der Waals surface area contributed by atoms with Crippen molar-refractivity contribution in [2.45, 2.75) is 85.1 Å². The fourth-order valence-corrected chi connectivity index (χ4v) is 4.26. The standard InChI is InChI=1S/C26H38N4O2/c1-18(2)29(25(32)20-13-8-7-9-14-20)17-24(31)27-23-16-22(26(4,5)6)28-30(23)21-15-11-10-12-19(21)3/h10-12,15-16,18,20H,7-9,13-14,17H2,1-6H3,(H,27,31). The Morgan fingerprint density at radius 1 is 1.16 bits per heavy atom. The maximum absolute atomic E-state index is 13.1. The Bertz CT molecular complexity index is 949. The van der Waals surface area contributed by atoms with E-state index in [1.807, 2.05) is 51.1 Å². The minimum atomic E-state index is -0.196. The Hall–Kier alpha value is -2.63. The van der Waals surface area contributed by atoms with Gasteiger partial charge in [0.05, 0.1) is 11.4 Å². The molecular formula is C26H38N4O2. The van der Waals surface area contributed by atoms with Crippen molar-refractivity contribution in [2.75, 3.05) is 11.9 Å². The summed E-state index contributed by atoms with van der Waals surface area (Å²) < 4.78 is 1.80. The molecule has 0 unspecified atom stereocenters. The van der Waals surface area contributed by atoms with Gasteiger partial charge in [0.25, 0.3) is 0 Å². The third-order valence-corrected chi connectivity index (χ3v) is 6.26. The van der Waals surface area contributed by atoms with Crippen molar-refractivity contribution in [3.8, 4) is 5.69 Å². The van der Waals surface area contributed by atoms with Gasteiger partial charge in [-0.05, 0) is 45.2 Å². The summed E-state index contributed by atoms with van der Waals surface area (Å²) in [5, 5.41) is 7.85. The van der Waals surface area contributed by atoms with Crippen molar-refractivity contribution in [1.29, 1.82) is 0 Å². The Labute approximate surface area is 192 Å². The summed E-state index contributed by atoms with van der Waals surface area (Å²) in [7, 11) is 0. The van der Waals surface area contributed by atoms with Crippen molar-refractivity contribution in [2.24, 2.45) is 5.92 Å². The Balaban J connectivity index is 1.83. The smallest absolute Gasteiger partial charge is 0.245 e. The SMILES string of the molecule is Cc1ccccc1-n1nc(C(C)(C)C)cc1NC(=O)CN(C(=O)C1CCCCC1)C(C)C. The maximum atomic E-state index is 13.1. The summed E-state index contributed by atoms with van der Waals surface area (Å²) in [6.07, 6.45) is 5.25. The summed E-state index contributed by atoms with van der Waals surface area (Å²) in [6, 6.07) is 9.90. The molecular weight excluding hydrogens is 400 g/mol. The van der Waals surface area contributed by atoms with E-state index in [-0.39, 0.29) is 35.7 Å². The molecule has 1 aliphatic carbocycles. The van der Waals surface area contributed by atoms with E-state index >= 15 is 0 Å². The highest BCUT2D eigenvalue weighted by atomic mass is 16.2. The lowest BCUT2D eigenvalue weighted by atomic mass is 9.88. The first-order valence-corrected chi connectivity index (χ1v) is 11.8. The second kappa shape index (κ2) is 9.88. The largest absolute Gasteiger partial charge is 0.331 e. The van der Waals surface area contributed by atoms with Crippen LogP contribution >= 0.6 is 0 Å². The van der Waals surface area contributed by atoms with Gasteiger partial charge >= 0.3 is 0 Å². The van der Waals surface area contributed by atoms with Crippen LogP contribution in [0.2, 0.25) is 0 Å². The summed E-state index contributed by atoms with van der Waals surface area (Å²) in [6.45, 7) is 12.3. The van der Waals surface area contributed by atoms with Gasteiger partial charge in [0.2, 0.25) is 11.8 Å². The number of para-hydroxylation sites is 1. The molecule has 0 aliphatic heterocycles. The molecule has 0 bridgehead atoms. The van der Waals surface area contributed by atoms with Gasteiger partial charge in [0, 0.05) is 23.4 Å². The van der Waals surface area contributed by atoms with Gasteiger partial charge in [-0.25, -0.2) is 4.68 Å². The van der Waals surface area contributed by atoms with E-state index in [2.05, 4.69) is 26.1 Å². The minimum absolute atomic E-state index is 0.0263. The second-order valence-corrected chi connectivity index (χ2v) is 10.3. The lowest BCUT2D eigenvalue weighted by molar-refractivity contribution is -0.141. The average Bonchev–Trinajstić information content (AvgIpc) is 3.16. The summed E-state index contributed by atoms with van der Waals surface area (Å²) in [5.41, 5.74) is 2.74. The van der Waals surface area contributed by atoms with Crippen LogP contribution < -0.4 is 5.32 Å². The lowest BCUT2D eigenvalue weighted by Crippen LogP contribution is -2.45. The van der Waals surface area contributed by atoms with Crippen LogP contribution in [0, 0.1) is 12.8 Å². The molecule has 0 atom stereocenters. The zero-order chi connectivity index (χ0) is 23.5. The first-order chi connectivity index (χ1) is 15.1. The van der Waals surface area contributed by atoms with E-state index in [1.165, 1.54) is 6.42 Å². The van der Waals surface area contributed by atoms with Crippen molar-refractivity contribution in [1.82, 2.24) is 14.7 Å². The number of amides is 2. The van der Waals surface area contributed by atoms with Crippen molar-refractivity contribution in [3.63, 3.8) is 0 Å². The highest BCUT2D eigenvalue weighted by Gasteiger charge is 2.29. The van der Waals surface area contributed by atoms with Crippen LogP contribution in [0.15, 0.2) is 30.3 Å². The number of nitrogens with zero attached hydrogens (tertiary/aromatic N) is 3. The van der Waals surface area contributed by atoms with E-state index in [9.17, 15) is 9.59 Å². The van der Waals surface area contributed by atoms with E-state index in [0.717, 1.165) is 42.6 Å². The first-order valence-electron chi connectivity index (χ1n) is 11.8. The number of carbonyl (C=O) groups is 2. The van der Waals surface area contributed by atoms with Crippen LogP contribution in [0.25, 0.3) is 5.69 Å². The average molecular weight is 439 g/mol. The molecule has 32 heavy (non-hydrogen) atoms. The molecule has 1 saturated carbocycles. The maximum Gasteiger partial charge on any atom is 0.245 e. The number of nitrogens with one attached hydrogen (secondary N) is 1. The molecule has 2 aromatic rings. The number of aryl methyl sites for hydroxylation is 1. The number of anilines is 1. The van der Waals surface area contributed by atoms with Gasteiger partial charge in [-0.2, -0.15) is 5.10 Å². The third kappa shape index (κ3) is 5.59. The molecule has 0 spiro atoms. The minimum Gasteiger partial charge on any atom is -0.331 e. The summed E-state index contributed by atoms with van der Waals surface area (Å²) >= 11 is 0. The van der Waals surface area contributed by atoms with E-state index in [4.69, 9.17) is 5.10 Å². The monoisotopic (exact) mass is 438 g/mol. The summed E-state index contributed by atoms with van der Waals surface area (Å²) in [4.78, 5) is 27.9. The van der Waals surface area contributed by atoms with Gasteiger partial charge in [-0.15, -0.1) is 0 Å². The van der Waals surface area contributed by atoms with Gasteiger partial charge in [0.15, 0.2) is 0 Å². The molecule has 6 nitrogen and oxygen atoms in total. The molecule has 0 radical (unpaired) electrons. The van der Waals surface area contributed by atoms with Crippen molar-refractivity contribution < 1.29 is 9.59 Å². The Kier molecular flexibility index (Phi) is 7.42. The van der Waals surface area contributed by atoms with E-state index in [0.29, 0.717) is 5.82 Å². The summed E-state index contributed by atoms with van der Waals surface area (Å²) in [5.74, 6) is 0.586. The number of carbonyl (C=O) groups excluding carboxylic acids is 2. The number of aromatic nitrogens is 2. The number of hydrogen-bond donors (Lipinski definition) is 1. The highest BCUT2D eigenvalue weighted by molar-refractivity contribution is 5.94. The molecule has 1 N–H and O–H groups in total. The Morgan fingerprint density at radius 2 is 1.81 bits per heavy atom. The normalized spacial score (nSPS) is 15.1. The molecule has 2 amide bonds. The molecule has 0 saturated heterocycles. The zero-order valence-electron chi connectivity index (χ0n) is 20.4. The van der Waals surface area contributed by atoms with Crippen LogP contribution in [0.4, 0.5) is 5.82 Å². The predicted octanol–water partition coefficient (Wildman–Crippen LogP) is 5.23. The first kappa shape index (κ1) is 24.0. The van der Waals surface area contributed by atoms with Crippen molar-refractivity contribution >= 4 is 17.6 Å². The fourth-order valence-electron chi connectivity index (χ4n) is 4.26. The van der Waals surface area contributed by atoms with Crippen LogP contribution in [0.5, 0.6) is 0 Å². The molecule has 1 fully saturated rings. The third-order valence-electron chi connectivity index (χ3n) is 6.26. The van der Waals surface area contributed by atoms with Crippen LogP contribution in [0.1, 0.15) is 78.0 Å². The molecule has 1 aromatic heterocycles. The Morgan fingerprint density at radius 3 is 2.41 bits per heavy atom. The molecule has 1 heterocycles.